The van der Waals surface area contributed by atoms with Crippen LogP contribution in [0.1, 0.15) is 20.3 Å². The Bertz CT molecular complexity index is 763. The van der Waals surface area contributed by atoms with E-state index in [-0.39, 0.29) is 23.7 Å². The molecular weight excluding hydrogens is 363 g/mol. The molecule has 2 N–H and O–H groups in total. The minimum atomic E-state index is -1.12. The Labute approximate surface area is 164 Å². The summed E-state index contributed by atoms with van der Waals surface area (Å²) in [4.78, 5) is 27.6. The van der Waals surface area contributed by atoms with Crippen LogP contribution in [0.25, 0.3) is 0 Å². The highest BCUT2D eigenvalue weighted by atomic mass is 19.1. The smallest absolute Gasteiger partial charge is 0.326 e. The van der Waals surface area contributed by atoms with Gasteiger partial charge in [-0.1, -0.05) is 13.8 Å². The highest BCUT2D eigenvalue weighted by Gasteiger charge is 2.24. The van der Waals surface area contributed by atoms with E-state index in [1.807, 2.05) is 24.8 Å². The van der Waals surface area contributed by atoms with Gasteiger partial charge in [0.2, 0.25) is 0 Å². The molecule has 0 bridgehead atoms. The van der Waals surface area contributed by atoms with Crippen LogP contribution < -0.4 is 10.2 Å². The summed E-state index contributed by atoms with van der Waals surface area (Å²) in [6, 6.07) is 7.09. The van der Waals surface area contributed by atoms with Crippen LogP contribution in [0.15, 0.2) is 36.0 Å². The summed E-state index contributed by atoms with van der Waals surface area (Å²) in [5.74, 6) is -1.99. The van der Waals surface area contributed by atoms with Crippen molar-refractivity contribution in [1.29, 1.82) is 5.26 Å². The third kappa shape index (κ3) is 5.98. The molecule has 0 radical (unpaired) electrons. The van der Waals surface area contributed by atoms with E-state index in [0.717, 1.165) is 5.69 Å². The number of carboxylic acids is 1. The van der Waals surface area contributed by atoms with Gasteiger partial charge in [0.05, 0.1) is 0 Å². The molecule has 1 atom stereocenters. The van der Waals surface area contributed by atoms with E-state index in [9.17, 15) is 24.3 Å². The summed E-state index contributed by atoms with van der Waals surface area (Å²) in [6.45, 7) is 6.23. The van der Waals surface area contributed by atoms with Crippen LogP contribution in [0.3, 0.4) is 0 Å². The van der Waals surface area contributed by atoms with Gasteiger partial charge >= 0.3 is 5.97 Å². The minimum absolute atomic E-state index is 0.0930. The first-order valence-electron chi connectivity index (χ1n) is 9.20. The van der Waals surface area contributed by atoms with Crippen LogP contribution in [0.2, 0.25) is 0 Å². The van der Waals surface area contributed by atoms with Gasteiger partial charge in [-0.3, -0.25) is 4.79 Å². The van der Waals surface area contributed by atoms with Crippen LogP contribution in [0.5, 0.6) is 0 Å². The SMILES string of the molecule is CC(C)CC(NC(=O)/C(C#N)=C\N1CCN(c2ccc(F)cc2)CC1)C(=O)O. The van der Waals surface area contributed by atoms with Gasteiger partial charge in [0.25, 0.3) is 5.91 Å². The average molecular weight is 388 g/mol. The predicted molar refractivity (Wildman–Crippen MR) is 103 cm³/mol. The van der Waals surface area contributed by atoms with Crippen LogP contribution in [0.4, 0.5) is 10.1 Å². The zero-order valence-electron chi connectivity index (χ0n) is 16.1. The number of hydrogen-bond donors (Lipinski definition) is 2. The molecule has 1 unspecified atom stereocenters. The third-order valence-electron chi connectivity index (χ3n) is 4.49. The molecule has 0 aromatic heterocycles. The standard InChI is InChI=1S/C20H25FN4O3/c1-14(2)11-18(20(27)28)23-19(26)15(12-22)13-24-7-9-25(10-8-24)17-5-3-16(21)4-6-17/h3-6,13-14,18H,7-11H2,1-2H3,(H,23,26)(H,27,28)/b15-13-. The molecule has 1 fully saturated rings. The number of amides is 1. The Morgan fingerprint density at radius 1 is 1.25 bits per heavy atom. The second kappa shape index (κ2) is 9.74. The van der Waals surface area contributed by atoms with Crippen molar-refractivity contribution in [3.8, 4) is 6.07 Å². The fraction of sp³-hybridized carbons (Fsp3) is 0.450. The summed E-state index contributed by atoms with van der Waals surface area (Å²) >= 11 is 0. The van der Waals surface area contributed by atoms with Gasteiger partial charge in [0, 0.05) is 38.1 Å². The number of carbonyl (C=O) groups is 2. The molecule has 1 aromatic carbocycles. The van der Waals surface area contributed by atoms with Crippen molar-refractivity contribution in [2.24, 2.45) is 5.92 Å². The molecule has 1 aromatic rings. The topological polar surface area (TPSA) is 96.7 Å². The first-order valence-corrected chi connectivity index (χ1v) is 9.20. The molecule has 1 saturated heterocycles. The van der Waals surface area contributed by atoms with E-state index >= 15 is 0 Å². The van der Waals surface area contributed by atoms with Crippen molar-refractivity contribution in [2.75, 3.05) is 31.1 Å². The predicted octanol–water partition coefficient (Wildman–Crippen LogP) is 1.97. The number of carbonyl (C=O) groups excluding carboxylic acids is 1. The lowest BCUT2D eigenvalue weighted by Gasteiger charge is -2.35. The van der Waals surface area contributed by atoms with Gasteiger partial charge in [-0.05, 0) is 36.6 Å². The van der Waals surface area contributed by atoms with E-state index in [4.69, 9.17) is 0 Å². The summed E-state index contributed by atoms with van der Waals surface area (Å²) < 4.78 is 13.0. The fourth-order valence-corrected chi connectivity index (χ4v) is 3.01. The quantitative estimate of drug-likeness (QED) is 0.548. The zero-order valence-corrected chi connectivity index (χ0v) is 16.1. The maximum Gasteiger partial charge on any atom is 0.326 e. The molecule has 0 spiro atoms. The van der Waals surface area contributed by atoms with Crippen LogP contribution >= 0.6 is 0 Å². The highest BCUT2D eigenvalue weighted by Crippen LogP contribution is 2.17. The first kappa shape index (κ1) is 21.2. The van der Waals surface area contributed by atoms with Crippen LogP contribution in [-0.2, 0) is 9.59 Å². The number of aliphatic carboxylic acids is 1. The Morgan fingerprint density at radius 2 is 1.86 bits per heavy atom. The molecule has 0 saturated carbocycles. The molecule has 150 valence electrons. The number of nitriles is 1. The van der Waals surface area contributed by atoms with Gasteiger partial charge in [0.15, 0.2) is 0 Å². The molecule has 1 aliphatic heterocycles. The number of halogens is 1. The Kier molecular flexibility index (Phi) is 7.38. The van der Waals surface area contributed by atoms with Gasteiger partial charge in [0.1, 0.15) is 23.5 Å². The van der Waals surface area contributed by atoms with Crippen LogP contribution in [-0.4, -0.2) is 54.1 Å². The van der Waals surface area contributed by atoms with E-state index in [0.29, 0.717) is 26.2 Å². The van der Waals surface area contributed by atoms with Crippen molar-refractivity contribution < 1.29 is 19.1 Å². The molecule has 28 heavy (non-hydrogen) atoms. The molecular formula is C20H25FN4O3. The Morgan fingerprint density at radius 3 is 2.36 bits per heavy atom. The number of hydrogen-bond acceptors (Lipinski definition) is 5. The maximum atomic E-state index is 13.0. The Balaban J connectivity index is 1.97. The average Bonchev–Trinajstić information content (AvgIpc) is 2.66. The first-order chi connectivity index (χ1) is 13.3. The number of nitrogens with zero attached hydrogens (tertiary/aromatic N) is 3. The fourth-order valence-electron chi connectivity index (χ4n) is 3.01. The van der Waals surface area contributed by atoms with Gasteiger partial charge in [-0.15, -0.1) is 0 Å². The second-order valence-electron chi connectivity index (χ2n) is 7.15. The maximum absolute atomic E-state index is 13.0. The van der Waals surface area contributed by atoms with Crippen molar-refractivity contribution in [2.45, 2.75) is 26.3 Å². The van der Waals surface area contributed by atoms with Gasteiger partial charge < -0.3 is 20.2 Å². The molecule has 1 aliphatic rings. The van der Waals surface area contributed by atoms with E-state index < -0.39 is 17.9 Å². The van der Waals surface area contributed by atoms with Crippen molar-refractivity contribution in [3.05, 3.63) is 41.9 Å². The summed E-state index contributed by atoms with van der Waals surface area (Å²) in [5, 5.41) is 21.0. The minimum Gasteiger partial charge on any atom is -0.480 e. The zero-order chi connectivity index (χ0) is 20.7. The monoisotopic (exact) mass is 388 g/mol. The molecule has 8 heteroatoms. The third-order valence-corrected chi connectivity index (χ3v) is 4.49. The molecule has 0 aliphatic carbocycles. The molecule has 1 heterocycles. The van der Waals surface area contributed by atoms with Crippen molar-refractivity contribution in [3.63, 3.8) is 0 Å². The summed E-state index contributed by atoms with van der Waals surface area (Å²) in [5.41, 5.74) is 0.798. The Hall–Kier alpha value is -3.08. The lowest BCUT2D eigenvalue weighted by atomic mass is 10.0. The summed E-state index contributed by atoms with van der Waals surface area (Å²) in [6.07, 6.45) is 1.77. The number of nitrogens with one attached hydrogen (secondary N) is 1. The number of piperazine rings is 1. The molecule has 1 amide bonds. The number of carboxylic acid groups (broad SMARTS) is 1. The van der Waals surface area contributed by atoms with E-state index in [2.05, 4.69) is 10.2 Å². The molecule has 7 nitrogen and oxygen atoms in total. The van der Waals surface area contributed by atoms with Crippen molar-refractivity contribution >= 4 is 17.6 Å². The van der Waals surface area contributed by atoms with Gasteiger partial charge in [-0.25, -0.2) is 9.18 Å². The van der Waals surface area contributed by atoms with Crippen LogP contribution in [0, 0.1) is 23.1 Å². The summed E-state index contributed by atoms with van der Waals surface area (Å²) in [7, 11) is 0. The van der Waals surface area contributed by atoms with E-state index in [1.54, 1.807) is 12.1 Å². The van der Waals surface area contributed by atoms with E-state index in [1.165, 1.54) is 18.3 Å². The number of anilines is 1. The lowest BCUT2D eigenvalue weighted by Crippen LogP contribution is -2.45. The second-order valence-corrected chi connectivity index (χ2v) is 7.15. The molecule has 2 rings (SSSR count). The lowest BCUT2D eigenvalue weighted by molar-refractivity contribution is -0.141. The van der Waals surface area contributed by atoms with Gasteiger partial charge in [-0.2, -0.15) is 5.26 Å². The highest BCUT2D eigenvalue weighted by molar-refractivity contribution is 5.99. The number of rotatable bonds is 7. The normalized spacial score (nSPS) is 15.9. The van der Waals surface area contributed by atoms with Crippen molar-refractivity contribution in [1.82, 2.24) is 10.2 Å². The number of benzene rings is 1. The largest absolute Gasteiger partial charge is 0.480 e.